The predicted molar refractivity (Wildman–Crippen MR) is 64.2 cm³/mol. The molecule has 0 nitrogen and oxygen atoms in total. The highest BCUT2D eigenvalue weighted by Crippen LogP contribution is 2.10. The summed E-state index contributed by atoms with van der Waals surface area (Å²) in [5, 5.41) is 0. The Morgan fingerprint density at radius 1 is 1.21 bits per heavy atom. The van der Waals surface area contributed by atoms with E-state index in [1.165, 1.54) is 11.1 Å². The predicted octanol–water partition coefficient (Wildman–Crippen LogP) is 4.08. The summed E-state index contributed by atoms with van der Waals surface area (Å²) in [5.74, 6) is 0.726. The lowest BCUT2D eigenvalue weighted by molar-refractivity contribution is 0.647. The summed E-state index contributed by atoms with van der Waals surface area (Å²) in [6.45, 7) is 8.13. The number of allylic oxidation sites excluding steroid dienone is 2. The molecule has 74 valence electrons. The Kier molecular flexibility index (Phi) is 4.18. The maximum Gasteiger partial charge on any atom is -0.0256 e. The van der Waals surface area contributed by atoms with Crippen molar-refractivity contribution in [2.24, 2.45) is 5.92 Å². The van der Waals surface area contributed by atoms with Gasteiger partial charge in [-0.25, -0.2) is 0 Å². The summed E-state index contributed by atoms with van der Waals surface area (Å²) in [4.78, 5) is 0. The van der Waals surface area contributed by atoms with Gasteiger partial charge in [0.25, 0.3) is 0 Å². The number of rotatable bonds is 4. The van der Waals surface area contributed by atoms with Crippen LogP contribution in [0.3, 0.4) is 0 Å². The number of hydrogen-bond donors (Lipinski definition) is 0. The van der Waals surface area contributed by atoms with Gasteiger partial charge in [0, 0.05) is 0 Å². The van der Waals surface area contributed by atoms with E-state index in [0.717, 1.165) is 12.3 Å². The molecular weight excluding hydrogens is 168 g/mol. The highest BCUT2D eigenvalue weighted by Gasteiger charge is 1.96. The van der Waals surface area contributed by atoms with Crippen LogP contribution < -0.4 is 0 Å². The van der Waals surface area contributed by atoms with Crippen LogP contribution in [0.25, 0.3) is 6.08 Å². The first-order valence-electron chi connectivity index (χ1n) is 5.10. The van der Waals surface area contributed by atoms with Gasteiger partial charge in [-0.15, -0.1) is 0 Å². The lowest BCUT2D eigenvalue weighted by atomic mass is 10.0. The first-order chi connectivity index (χ1) is 6.72. The van der Waals surface area contributed by atoms with E-state index in [0.29, 0.717) is 0 Å². The largest absolute Gasteiger partial charge is 0.0991 e. The van der Waals surface area contributed by atoms with Crippen molar-refractivity contribution in [2.75, 3.05) is 0 Å². The molecule has 0 atom stereocenters. The van der Waals surface area contributed by atoms with Gasteiger partial charge in [0.15, 0.2) is 0 Å². The van der Waals surface area contributed by atoms with Crippen LogP contribution in [0, 0.1) is 5.92 Å². The highest BCUT2D eigenvalue weighted by molar-refractivity contribution is 5.51. The zero-order valence-corrected chi connectivity index (χ0v) is 9.03. The maximum absolute atomic E-state index is 3.65. The van der Waals surface area contributed by atoms with Gasteiger partial charge in [-0.1, -0.05) is 62.9 Å². The van der Waals surface area contributed by atoms with E-state index < -0.39 is 0 Å². The Balaban J connectivity index is 2.68. The summed E-state index contributed by atoms with van der Waals surface area (Å²) in [7, 11) is 0. The summed E-state index contributed by atoms with van der Waals surface area (Å²) in [6, 6.07) is 8.70. The number of benzene rings is 1. The van der Waals surface area contributed by atoms with Crippen molar-refractivity contribution in [1.29, 1.82) is 0 Å². The Hall–Kier alpha value is -1.30. The smallest absolute Gasteiger partial charge is 0.0256 e. The molecule has 1 aromatic rings. The van der Waals surface area contributed by atoms with E-state index in [9.17, 15) is 0 Å². The van der Waals surface area contributed by atoms with Gasteiger partial charge in [0.05, 0.1) is 0 Å². The molecule has 0 aromatic heterocycles. The second kappa shape index (κ2) is 5.43. The van der Waals surface area contributed by atoms with E-state index in [1.54, 1.807) is 6.08 Å². The second-order valence-electron chi connectivity index (χ2n) is 3.93. The lowest BCUT2D eigenvalue weighted by Gasteiger charge is -2.04. The summed E-state index contributed by atoms with van der Waals surface area (Å²) < 4.78 is 0. The van der Waals surface area contributed by atoms with Crippen molar-refractivity contribution < 1.29 is 0 Å². The molecule has 0 aliphatic heterocycles. The van der Waals surface area contributed by atoms with Crippen LogP contribution in [0.15, 0.2) is 43.0 Å². The molecule has 0 aliphatic rings. The molecular formula is C14H18. The summed E-state index contributed by atoms with van der Waals surface area (Å²) in [5.41, 5.74) is 2.65. The first-order valence-corrected chi connectivity index (χ1v) is 5.10. The van der Waals surface area contributed by atoms with Crippen LogP contribution in [-0.4, -0.2) is 0 Å². The monoisotopic (exact) mass is 186 g/mol. The second-order valence-corrected chi connectivity index (χ2v) is 3.93. The van der Waals surface area contributed by atoms with Gasteiger partial charge in [0.2, 0.25) is 0 Å². The van der Waals surface area contributed by atoms with Crippen molar-refractivity contribution in [1.82, 2.24) is 0 Å². The Labute approximate surface area is 87.0 Å². The van der Waals surface area contributed by atoms with Crippen LogP contribution >= 0.6 is 0 Å². The van der Waals surface area contributed by atoms with Crippen molar-refractivity contribution in [2.45, 2.75) is 20.3 Å². The average Bonchev–Trinajstić information content (AvgIpc) is 2.16. The van der Waals surface area contributed by atoms with E-state index in [4.69, 9.17) is 0 Å². The molecule has 14 heavy (non-hydrogen) atoms. The van der Waals surface area contributed by atoms with E-state index in [-0.39, 0.29) is 0 Å². The standard InChI is InChI=1S/C14H18/c1-4-5-6-13-7-9-14(10-8-13)11-12(2)3/h4-10,12H,1,11H2,2-3H3/b6-5+. The van der Waals surface area contributed by atoms with Crippen LogP contribution in [0.5, 0.6) is 0 Å². The molecule has 0 amide bonds. The zero-order valence-electron chi connectivity index (χ0n) is 9.03. The Morgan fingerprint density at radius 3 is 2.36 bits per heavy atom. The summed E-state index contributed by atoms with van der Waals surface area (Å²) >= 11 is 0. The lowest BCUT2D eigenvalue weighted by Crippen LogP contribution is -1.93. The van der Waals surface area contributed by atoms with Crippen molar-refractivity contribution >= 4 is 6.08 Å². The number of hydrogen-bond acceptors (Lipinski definition) is 0. The molecule has 0 aliphatic carbocycles. The van der Waals surface area contributed by atoms with Crippen molar-refractivity contribution in [3.63, 3.8) is 0 Å². The van der Waals surface area contributed by atoms with Gasteiger partial charge >= 0.3 is 0 Å². The van der Waals surface area contributed by atoms with Crippen molar-refractivity contribution in [3.8, 4) is 0 Å². The quantitative estimate of drug-likeness (QED) is 0.621. The maximum atomic E-state index is 3.65. The fraction of sp³-hybridized carbons (Fsp3) is 0.286. The molecule has 0 bridgehead atoms. The fourth-order valence-corrected chi connectivity index (χ4v) is 1.42. The molecule has 0 heterocycles. The third kappa shape index (κ3) is 3.61. The molecule has 1 rings (SSSR count). The SMILES string of the molecule is C=C/C=C/c1ccc(CC(C)C)cc1. The molecule has 0 spiro atoms. The Bertz CT molecular complexity index is 301. The topological polar surface area (TPSA) is 0 Å². The van der Waals surface area contributed by atoms with Gasteiger partial charge in [-0.05, 0) is 23.5 Å². The first kappa shape index (κ1) is 10.8. The summed E-state index contributed by atoms with van der Waals surface area (Å²) in [6.07, 6.45) is 6.97. The molecule has 1 aromatic carbocycles. The van der Waals surface area contributed by atoms with Crippen LogP contribution in [0.1, 0.15) is 25.0 Å². The van der Waals surface area contributed by atoms with Gasteiger partial charge in [0.1, 0.15) is 0 Å². The van der Waals surface area contributed by atoms with Crippen molar-refractivity contribution in [3.05, 3.63) is 54.1 Å². The molecule has 0 radical (unpaired) electrons. The minimum atomic E-state index is 0.726. The van der Waals surface area contributed by atoms with E-state index >= 15 is 0 Å². The van der Waals surface area contributed by atoms with E-state index in [2.05, 4.69) is 50.8 Å². The minimum Gasteiger partial charge on any atom is -0.0991 e. The van der Waals surface area contributed by atoms with Crippen LogP contribution in [0.2, 0.25) is 0 Å². The fourth-order valence-electron chi connectivity index (χ4n) is 1.42. The molecule has 0 unspecified atom stereocenters. The van der Waals surface area contributed by atoms with Crippen LogP contribution in [-0.2, 0) is 6.42 Å². The average molecular weight is 186 g/mol. The molecule has 0 N–H and O–H groups in total. The van der Waals surface area contributed by atoms with Gasteiger partial charge < -0.3 is 0 Å². The van der Waals surface area contributed by atoms with Gasteiger partial charge in [-0.3, -0.25) is 0 Å². The minimum absolute atomic E-state index is 0.726. The molecule has 0 saturated carbocycles. The normalized spacial score (nSPS) is 11.1. The Morgan fingerprint density at radius 2 is 1.86 bits per heavy atom. The van der Waals surface area contributed by atoms with Gasteiger partial charge in [-0.2, -0.15) is 0 Å². The van der Waals surface area contributed by atoms with Crippen LogP contribution in [0.4, 0.5) is 0 Å². The zero-order chi connectivity index (χ0) is 10.4. The molecule has 0 heteroatoms. The third-order valence-electron chi connectivity index (χ3n) is 2.05. The molecule has 0 saturated heterocycles. The molecule has 0 fully saturated rings. The van der Waals surface area contributed by atoms with E-state index in [1.807, 2.05) is 6.08 Å². The highest BCUT2D eigenvalue weighted by atomic mass is 14.0. The third-order valence-corrected chi connectivity index (χ3v) is 2.05.